The average Bonchev–Trinajstić information content (AvgIpc) is 2.80. The quantitative estimate of drug-likeness (QED) is 0.651. The second-order valence-electron chi connectivity index (χ2n) is 8.22. The number of aliphatic hydroxyl groups excluding tert-OH is 1. The largest absolute Gasteiger partial charge is 0.395 e. The molecule has 0 aromatic heterocycles. The molecule has 7 heteroatoms. The molecule has 0 aliphatic carbocycles. The lowest BCUT2D eigenvalue weighted by molar-refractivity contribution is -0.118. The Hall–Kier alpha value is -3.00. The summed E-state index contributed by atoms with van der Waals surface area (Å²) in [6.45, 7) is -0.0184. The second kappa shape index (κ2) is 8.16. The highest BCUT2D eigenvalue weighted by Gasteiger charge is 2.58. The van der Waals surface area contributed by atoms with Gasteiger partial charge in [0.15, 0.2) is 0 Å². The van der Waals surface area contributed by atoms with E-state index in [2.05, 4.69) is 0 Å². The maximum absolute atomic E-state index is 13.4. The van der Waals surface area contributed by atoms with Crippen molar-refractivity contribution in [2.45, 2.75) is 29.3 Å². The Balaban J connectivity index is 1.52. The molecule has 164 valence electrons. The molecule has 3 aromatic rings. The van der Waals surface area contributed by atoms with E-state index in [0.29, 0.717) is 0 Å². The van der Waals surface area contributed by atoms with Gasteiger partial charge in [0.2, 0.25) is 15.9 Å². The van der Waals surface area contributed by atoms with Gasteiger partial charge < -0.3 is 10.0 Å². The molecule has 1 fully saturated rings. The topological polar surface area (TPSA) is 77.9 Å². The van der Waals surface area contributed by atoms with Crippen LogP contribution in [0.3, 0.4) is 0 Å². The molecule has 1 amide bonds. The molecule has 2 aliphatic heterocycles. The first kappa shape index (κ1) is 20.9. The highest BCUT2D eigenvalue weighted by molar-refractivity contribution is 7.89. The summed E-state index contributed by atoms with van der Waals surface area (Å²) < 4.78 is 28.3. The lowest BCUT2D eigenvalue weighted by Gasteiger charge is -2.57. The van der Waals surface area contributed by atoms with Gasteiger partial charge in [-0.15, -0.1) is 0 Å². The maximum Gasteiger partial charge on any atom is 0.243 e. The number of hydrogen-bond donors (Lipinski definition) is 1. The van der Waals surface area contributed by atoms with Crippen molar-refractivity contribution in [2.75, 3.05) is 18.1 Å². The fraction of sp³-hybridized carbons (Fsp3) is 0.240. The van der Waals surface area contributed by atoms with Crippen LogP contribution in [0, 0.1) is 0 Å². The maximum atomic E-state index is 13.4. The molecule has 3 atom stereocenters. The highest BCUT2D eigenvalue weighted by Crippen LogP contribution is 2.50. The SMILES string of the molecule is O=C(Cc1ccccc1)N1C[C@H]2[C@@H](c3ccccc31)[C@@H](CO)N2S(=O)(=O)c1ccccc1. The third kappa shape index (κ3) is 3.33. The van der Waals surface area contributed by atoms with Crippen molar-refractivity contribution in [3.8, 4) is 0 Å². The van der Waals surface area contributed by atoms with Gasteiger partial charge in [-0.25, -0.2) is 8.42 Å². The number of para-hydroxylation sites is 1. The molecule has 1 N–H and O–H groups in total. The van der Waals surface area contributed by atoms with Crippen LogP contribution in [-0.2, 0) is 21.2 Å². The number of benzene rings is 3. The van der Waals surface area contributed by atoms with E-state index in [1.807, 2.05) is 54.6 Å². The summed E-state index contributed by atoms with van der Waals surface area (Å²) in [4.78, 5) is 15.2. The van der Waals surface area contributed by atoms with E-state index in [4.69, 9.17) is 0 Å². The van der Waals surface area contributed by atoms with Crippen LogP contribution >= 0.6 is 0 Å². The standard InChI is InChI=1S/C25H24N2O4S/c28-17-23-25-20-13-7-8-14-21(20)26(24(29)15-18-9-3-1-4-10-18)16-22(25)27(23)32(30,31)19-11-5-2-6-12-19/h1-14,22-23,25,28H,15-17H2/t22-,23+,25+/m0/s1. The smallest absolute Gasteiger partial charge is 0.243 e. The number of aliphatic hydroxyl groups is 1. The molecule has 2 heterocycles. The highest BCUT2D eigenvalue weighted by atomic mass is 32.2. The number of hydrogen-bond acceptors (Lipinski definition) is 4. The fourth-order valence-corrected chi connectivity index (χ4v) is 6.85. The molecule has 0 spiro atoms. The minimum atomic E-state index is -3.81. The molecule has 1 saturated heterocycles. The van der Waals surface area contributed by atoms with Crippen molar-refractivity contribution in [3.05, 3.63) is 96.1 Å². The molecule has 2 aliphatic rings. The number of sulfonamides is 1. The molecule has 0 radical (unpaired) electrons. The number of fused-ring (bicyclic) bond motifs is 3. The van der Waals surface area contributed by atoms with Gasteiger partial charge in [-0.3, -0.25) is 4.79 Å². The average molecular weight is 449 g/mol. The summed E-state index contributed by atoms with van der Waals surface area (Å²) in [7, 11) is -3.81. The normalized spacial score (nSPS) is 22.5. The van der Waals surface area contributed by atoms with Gasteiger partial charge in [0.05, 0.1) is 30.0 Å². The van der Waals surface area contributed by atoms with Crippen LogP contribution in [0.5, 0.6) is 0 Å². The summed E-state index contributed by atoms with van der Waals surface area (Å²) in [5, 5.41) is 10.1. The molecule has 6 nitrogen and oxygen atoms in total. The number of carbonyl (C=O) groups excluding carboxylic acids is 1. The Morgan fingerprint density at radius 2 is 1.53 bits per heavy atom. The number of nitrogens with zero attached hydrogens (tertiary/aromatic N) is 2. The van der Waals surface area contributed by atoms with Crippen molar-refractivity contribution in [1.82, 2.24) is 4.31 Å². The summed E-state index contributed by atoms with van der Waals surface area (Å²) in [6, 6.07) is 24.4. The van der Waals surface area contributed by atoms with Crippen LogP contribution in [0.1, 0.15) is 17.0 Å². The van der Waals surface area contributed by atoms with Gasteiger partial charge in [-0.2, -0.15) is 4.31 Å². The molecular formula is C25H24N2O4S. The van der Waals surface area contributed by atoms with E-state index < -0.39 is 22.1 Å². The Morgan fingerprint density at radius 1 is 0.906 bits per heavy atom. The van der Waals surface area contributed by atoms with Crippen molar-refractivity contribution in [3.63, 3.8) is 0 Å². The number of carbonyl (C=O) groups is 1. The molecule has 0 bridgehead atoms. The van der Waals surface area contributed by atoms with E-state index in [1.165, 1.54) is 4.31 Å². The second-order valence-corrected chi connectivity index (χ2v) is 10.1. The molecular weight excluding hydrogens is 424 g/mol. The van der Waals surface area contributed by atoms with Crippen LogP contribution in [0.4, 0.5) is 5.69 Å². The van der Waals surface area contributed by atoms with E-state index >= 15 is 0 Å². The Kier molecular flexibility index (Phi) is 5.33. The third-order valence-electron chi connectivity index (χ3n) is 6.44. The molecule has 0 saturated carbocycles. The minimum absolute atomic E-state index is 0.0772. The minimum Gasteiger partial charge on any atom is -0.395 e. The van der Waals surface area contributed by atoms with Gasteiger partial charge in [-0.1, -0.05) is 66.7 Å². The summed E-state index contributed by atoms with van der Waals surface area (Å²) in [5.74, 6) is -0.234. The monoisotopic (exact) mass is 448 g/mol. The molecule has 5 rings (SSSR count). The van der Waals surface area contributed by atoms with Crippen LogP contribution in [0.2, 0.25) is 0 Å². The van der Waals surface area contributed by atoms with Crippen LogP contribution in [-0.4, -0.2) is 49.0 Å². The zero-order valence-electron chi connectivity index (χ0n) is 17.4. The first-order chi connectivity index (χ1) is 15.5. The Bertz CT molecular complexity index is 1230. The predicted octanol–water partition coefficient (Wildman–Crippen LogP) is 2.79. The van der Waals surface area contributed by atoms with Gasteiger partial charge in [-0.05, 0) is 29.3 Å². The zero-order chi connectivity index (χ0) is 22.3. The lowest BCUT2D eigenvalue weighted by atomic mass is 9.74. The van der Waals surface area contributed by atoms with Crippen LogP contribution < -0.4 is 4.90 Å². The molecule has 0 unspecified atom stereocenters. The van der Waals surface area contributed by atoms with Crippen LogP contribution in [0.25, 0.3) is 0 Å². The van der Waals surface area contributed by atoms with Gasteiger partial charge in [0.25, 0.3) is 0 Å². The number of rotatable bonds is 5. The number of amides is 1. The van der Waals surface area contributed by atoms with Crippen molar-refractivity contribution >= 4 is 21.6 Å². The van der Waals surface area contributed by atoms with Crippen LogP contribution in [0.15, 0.2) is 89.8 Å². The van der Waals surface area contributed by atoms with E-state index in [9.17, 15) is 18.3 Å². The summed E-state index contributed by atoms with van der Waals surface area (Å²) in [5.41, 5.74) is 2.61. The first-order valence-electron chi connectivity index (χ1n) is 10.6. The molecule has 3 aromatic carbocycles. The Labute approximate surface area is 187 Å². The first-order valence-corrected chi connectivity index (χ1v) is 12.1. The van der Waals surface area contributed by atoms with Crippen molar-refractivity contribution in [1.29, 1.82) is 0 Å². The lowest BCUT2D eigenvalue weighted by Crippen LogP contribution is -2.70. The summed E-state index contributed by atoms with van der Waals surface area (Å²) >= 11 is 0. The summed E-state index contributed by atoms with van der Waals surface area (Å²) in [6.07, 6.45) is 0.238. The fourth-order valence-electron chi connectivity index (χ4n) is 4.99. The van der Waals surface area contributed by atoms with Crippen molar-refractivity contribution < 1.29 is 18.3 Å². The van der Waals surface area contributed by atoms with E-state index in [1.54, 1.807) is 35.2 Å². The van der Waals surface area contributed by atoms with Gasteiger partial charge in [0, 0.05) is 18.2 Å². The van der Waals surface area contributed by atoms with Crippen molar-refractivity contribution in [2.24, 2.45) is 0 Å². The third-order valence-corrected chi connectivity index (χ3v) is 8.41. The van der Waals surface area contributed by atoms with Gasteiger partial charge in [0.1, 0.15) is 0 Å². The predicted molar refractivity (Wildman–Crippen MR) is 122 cm³/mol. The van der Waals surface area contributed by atoms with Gasteiger partial charge >= 0.3 is 0 Å². The van der Waals surface area contributed by atoms with E-state index in [0.717, 1.165) is 16.8 Å². The Morgan fingerprint density at radius 3 is 2.22 bits per heavy atom. The van der Waals surface area contributed by atoms with E-state index in [-0.39, 0.29) is 36.3 Å². The zero-order valence-corrected chi connectivity index (χ0v) is 18.2. The molecule has 32 heavy (non-hydrogen) atoms. The number of anilines is 1.